The Morgan fingerprint density at radius 1 is 1.10 bits per heavy atom. The van der Waals surface area contributed by atoms with E-state index in [1.165, 1.54) is 6.92 Å². The van der Waals surface area contributed by atoms with E-state index in [-0.39, 0.29) is 30.4 Å². The first-order valence-electron chi connectivity index (χ1n) is 9.71. The van der Waals surface area contributed by atoms with Gasteiger partial charge in [-0.2, -0.15) is 0 Å². The summed E-state index contributed by atoms with van der Waals surface area (Å²) in [7, 11) is 1.76. The second kappa shape index (κ2) is 7.99. The summed E-state index contributed by atoms with van der Waals surface area (Å²) in [6, 6.07) is 15.1. The van der Waals surface area contributed by atoms with E-state index in [2.05, 4.69) is 0 Å². The predicted molar refractivity (Wildman–Crippen MR) is 109 cm³/mol. The number of benzene rings is 2. The molecule has 2 atom stereocenters. The number of hydrogen-bond acceptors (Lipinski definition) is 4. The standard InChI is InChI=1S/C23H24N2O4/c1-16(26)25-12-11-17-7-3-4-8-19(17)20(25)13-23(27)24(2)14-18-15-28-21-9-5-6-10-22(21)29-18/h3-12,18,20H,13-15H2,1-2H3/t18-,20-/m0/s1. The third-order valence-electron chi connectivity index (χ3n) is 5.31. The normalized spacial score (nSPS) is 19.4. The van der Waals surface area contributed by atoms with Crippen molar-refractivity contribution in [2.45, 2.75) is 25.5 Å². The minimum atomic E-state index is -0.312. The van der Waals surface area contributed by atoms with E-state index < -0.39 is 0 Å². The zero-order valence-electron chi connectivity index (χ0n) is 16.6. The molecule has 0 saturated heterocycles. The molecule has 150 valence electrons. The molecule has 0 fully saturated rings. The number of nitrogens with zero attached hydrogens (tertiary/aromatic N) is 2. The maximum Gasteiger partial charge on any atom is 0.224 e. The molecule has 0 aromatic heterocycles. The highest BCUT2D eigenvalue weighted by molar-refractivity contribution is 5.81. The Kier molecular flexibility index (Phi) is 5.25. The lowest BCUT2D eigenvalue weighted by Gasteiger charge is -2.34. The van der Waals surface area contributed by atoms with E-state index in [1.807, 2.05) is 54.6 Å². The van der Waals surface area contributed by atoms with Crippen LogP contribution in [0.25, 0.3) is 6.08 Å². The molecule has 4 rings (SSSR count). The van der Waals surface area contributed by atoms with Gasteiger partial charge >= 0.3 is 0 Å². The molecular weight excluding hydrogens is 368 g/mol. The average molecular weight is 392 g/mol. The molecule has 2 aliphatic rings. The molecule has 29 heavy (non-hydrogen) atoms. The van der Waals surface area contributed by atoms with Crippen molar-refractivity contribution in [1.82, 2.24) is 9.80 Å². The Morgan fingerprint density at radius 2 is 1.83 bits per heavy atom. The molecule has 2 amide bonds. The molecule has 0 N–H and O–H groups in total. The summed E-state index contributed by atoms with van der Waals surface area (Å²) in [5.41, 5.74) is 2.02. The molecule has 6 heteroatoms. The number of para-hydroxylation sites is 2. The molecule has 0 radical (unpaired) electrons. The van der Waals surface area contributed by atoms with Crippen LogP contribution >= 0.6 is 0 Å². The number of fused-ring (bicyclic) bond motifs is 2. The number of carbonyl (C=O) groups excluding carboxylic acids is 2. The van der Waals surface area contributed by atoms with Gasteiger partial charge in [0.15, 0.2) is 17.6 Å². The number of rotatable bonds is 4. The van der Waals surface area contributed by atoms with Crippen LogP contribution < -0.4 is 9.47 Å². The van der Waals surface area contributed by atoms with Crippen LogP contribution in [0.15, 0.2) is 54.7 Å². The zero-order valence-corrected chi connectivity index (χ0v) is 16.6. The number of likely N-dealkylation sites (N-methyl/N-ethyl adjacent to an activating group) is 1. The Bertz CT molecular complexity index is 955. The monoisotopic (exact) mass is 392 g/mol. The van der Waals surface area contributed by atoms with Crippen LogP contribution in [0.4, 0.5) is 0 Å². The van der Waals surface area contributed by atoms with E-state index in [0.717, 1.165) is 16.9 Å². The summed E-state index contributed by atoms with van der Waals surface area (Å²) in [4.78, 5) is 28.4. The highest BCUT2D eigenvalue weighted by atomic mass is 16.6. The molecule has 0 unspecified atom stereocenters. The lowest BCUT2D eigenvalue weighted by molar-refractivity contribution is -0.134. The summed E-state index contributed by atoms with van der Waals surface area (Å²) >= 11 is 0. The molecule has 2 heterocycles. The van der Waals surface area contributed by atoms with E-state index in [1.54, 1.807) is 23.0 Å². The minimum absolute atomic E-state index is 0.0474. The lowest BCUT2D eigenvalue weighted by Crippen LogP contribution is -2.43. The van der Waals surface area contributed by atoms with Gasteiger partial charge in [-0.3, -0.25) is 9.59 Å². The quantitative estimate of drug-likeness (QED) is 0.802. The second-order valence-corrected chi connectivity index (χ2v) is 7.36. The molecule has 0 bridgehead atoms. The summed E-state index contributed by atoms with van der Waals surface area (Å²) < 4.78 is 11.7. The summed E-state index contributed by atoms with van der Waals surface area (Å²) in [5, 5.41) is 0. The Hall–Kier alpha value is -3.28. The number of amides is 2. The van der Waals surface area contributed by atoms with Crippen molar-refractivity contribution >= 4 is 17.9 Å². The van der Waals surface area contributed by atoms with Gasteiger partial charge in [0.25, 0.3) is 0 Å². The summed E-state index contributed by atoms with van der Waals surface area (Å²) in [6.45, 7) is 2.32. The van der Waals surface area contributed by atoms with Crippen molar-refractivity contribution in [3.05, 3.63) is 65.9 Å². The van der Waals surface area contributed by atoms with Crippen molar-refractivity contribution in [3.63, 3.8) is 0 Å². The largest absolute Gasteiger partial charge is 0.486 e. The molecule has 2 aromatic carbocycles. The van der Waals surface area contributed by atoms with Gasteiger partial charge in [-0.05, 0) is 29.3 Å². The number of carbonyl (C=O) groups is 2. The molecular formula is C23H24N2O4. The van der Waals surface area contributed by atoms with Crippen molar-refractivity contribution in [2.75, 3.05) is 20.2 Å². The highest BCUT2D eigenvalue weighted by Gasteiger charge is 2.30. The third kappa shape index (κ3) is 3.97. The van der Waals surface area contributed by atoms with Crippen LogP contribution in [0.2, 0.25) is 0 Å². The van der Waals surface area contributed by atoms with Crippen LogP contribution in [-0.2, 0) is 9.59 Å². The fourth-order valence-corrected chi connectivity index (χ4v) is 3.79. The van der Waals surface area contributed by atoms with Crippen molar-refractivity contribution in [1.29, 1.82) is 0 Å². The average Bonchev–Trinajstić information content (AvgIpc) is 2.73. The highest BCUT2D eigenvalue weighted by Crippen LogP contribution is 2.34. The Morgan fingerprint density at radius 3 is 2.62 bits per heavy atom. The van der Waals surface area contributed by atoms with E-state index in [9.17, 15) is 9.59 Å². The van der Waals surface area contributed by atoms with Gasteiger partial charge in [0.2, 0.25) is 11.8 Å². The third-order valence-corrected chi connectivity index (χ3v) is 5.31. The van der Waals surface area contributed by atoms with E-state index in [0.29, 0.717) is 18.9 Å². The Labute approximate surface area is 170 Å². The minimum Gasteiger partial charge on any atom is -0.486 e. The first-order chi connectivity index (χ1) is 14.0. The number of hydrogen-bond donors (Lipinski definition) is 0. The zero-order chi connectivity index (χ0) is 20.4. The van der Waals surface area contributed by atoms with Crippen LogP contribution in [0.5, 0.6) is 11.5 Å². The maximum absolute atomic E-state index is 13.0. The Balaban J connectivity index is 1.44. The van der Waals surface area contributed by atoms with Crippen LogP contribution in [0.3, 0.4) is 0 Å². The SMILES string of the molecule is CC(=O)N1C=Cc2ccccc2[C@@H]1CC(=O)N(C)C[C@H]1COc2ccccc2O1. The van der Waals surface area contributed by atoms with Gasteiger partial charge in [-0.15, -0.1) is 0 Å². The van der Waals surface area contributed by atoms with Gasteiger partial charge in [-0.25, -0.2) is 0 Å². The number of ether oxygens (including phenoxy) is 2. The molecule has 2 aliphatic heterocycles. The summed E-state index contributed by atoms with van der Waals surface area (Å²) in [5.74, 6) is 1.28. The molecule has 2 aromatic rings. The molecule has 0 spiro atoms. The second-order valence-electron chi connectivity index (χ2n) is 7.36. The molecule has 6 nitrogen and oxygen atoms in total. The van der Waals surface area contributed by atoms with Gasteiger partial charge in [0.05, 0.1) is 19.0 Å². The molecule has 0 saturated carbocycles. The lowest BCUT2D eigenvalue weighted by atomic mass is 9.93. The first kappa shape index (κ1) is 19.1. The van der Waals surface area contributed by atoms with Crippen molar-refractivity contribution in [2.24, 2.45) is 0 Å². The van der Waals surface area contributed by atoms with Crippen molar-refractivity contribution in [3.8, 4) is 11.5 Å². The molecule has 0 aliphatic carbocycles. The predicted octanol–water partition coefficient (Wildman–Crippen LogP) is 3.25. The van der Waals surface area contributed by atoms with Gasteiger partial charge in [0.1, 0.15) is 6.61 Å². The van der Waals surface area contributed by atoms with Crippen molar-refractivity contribution < 1.29 is 19.1 Å². The topological polar surface area (TPSA) is 59.1 Å². The van der Waals surface area contributed by atoms with Crippen LogP contribution in [-0.4, -0.2) is 47.9 Å². The van der Waals surface area contributed by atoms with Gasteiger partial charge in [-0.1, -0.05) is 36.4 Å². The smallest absolute Gasteiger partial charge is 0.224 e. The fraction of sp³-hybridized carbons (Fsp3) is 0.304. The fourth-order valence-electron chi connectivity index (χ4n) is 3.79. The van der Waals surface area contributed by atoms with E-state index in [4.69, 9.17) is 9.47 Å². The van der Waals surface area contributed by atoms with Gasteiger partial charge < -0.3 is 19.3 Å². The van der Waals surface area contributed by atoms with Crippen LogP contribution in [0, 0.1) is 0 Å². The first-order valence-corrected chi connectivity index (χ1v) is 9.71. The maximum atomic E-state index is 13.0. The van der Waals surface area contributed by atoms with E-state index >= 15 is 0 Å². The summed E-state index contributed by atoms with van der Waals surface area (Å²) in [6.07, 6.45) is 3.65. The van der Waals surface area contributed by atoms with Crippen LogP contribution in [0.1, 0.15) is 30.5 Å². The van der Waals surface area contributed by atoms with Gasteiger partial charge in [0, 0.05) is 20.2 Å².